The van der Waals surface area contributed by atoms with Crippen LogP contribution in [-0.4, -0.2) is 39.3 Å². The van der Waals surface area contributed by atoms with Crippen molar-refractivity contribution in [2.45, 2.75) is 45.1 Å². The van der Waals surface area contributed by atoms with E-state index in [9.17, 15) is 8.78 Å². The van der Waals surface area contributed by atoms with Crippen LogP contribution in [0.1, 0.15) is 49.7 Å². The molecule has 4 heterocycles. The van der Waals surface area contributed by atoms with Gasteiger partial charge in [0.25, 0.3) is 0 Å². The number of piperidine rings is 1. The molecule has 1 aliphatic rings. The van der Waals surface area contributed by atoms with Gasteiger partial charge in [-0.1, -0.05) is 19.9 Å². The van der Waals surface area contributed by atoms with E-state index in [0.29, 0.717) is 5.92 Å². The van der Waals surface area contributed by atoms with E-state index < -0.39 is 6.61 Å². The second kappa shape index (κ2) is 7.92. The molecule has 3 aromatic heterocycles. The average Bonchev–Trinajstić information content (AvgIpc) is 3.38. The van der Waals surface area contributed by atoms with Crippen molar-refractivity contribution in [3.05, 3.63) is 47.9 Å². The third-order valence-corrected chi connectivity index (χ3v) is 6.10. The monoisotopic (exact) mass is 425 g/mol. The number of alkyl halides is 2. The zero-order chi connectivity index (χ0) is 21.5. The number of aromatic amines is 1. The molecule has 1 fully saturated rings. The number of hydrogen-bond donors (Lipinski definition) is 2. The quantitative estimate of drug-likeness (QED) is 0.469. The Morgan fingerprint density at radius 2 is 1.97 bits per heavy atom. The van der Waals surface area contributed by atoms with E-state index in [4.69, 9.17) is 4.74 Å². The smallest absolute Gasteiger partial charge is 0.387 e. The van der Waals surface area contributed by atoms with Crippen LogP contribution in [0.4, 0.5) is 8.78 Å². The van der Waals surface area contributed by atoms with Crippen molar-refractivity contribution in [1.29, 1.82) is 0 Å². The van der Waals surface area contributed by atoms with Gasteiger partial charge in [-0.25, -0.2) is 9.50 Å². The summed E-state index contributed by atoms with van der Waals surface area (Å²) in [6.45, 7) is 3.45. The Kier molecular flexibility index (Phi) is 5.09. The number of hydrogen-bond acceptors (Lipinski definition) is 4. The van der Waals surface area contributed by atoms with Gasteiger partial charge in [-0.3, -0.25) is 0 Å². The molecule has 1 aromatic carbocycles. The zero-order valence-electron chi connectivity index (χ0n) is 17.5. The lowest BCUT2D eigenvalue weighted by atomic mass is 9.88. The van der Waals surface area contributed by atoms with Crippen molar-refractivity contribution in [2.75, 3.05) is 13.1 Å². The van der Waals surface area contributed by atoms with Gasteiger partial charge in [-0.15, -0.1) is 0 Å². The molecule has 2 N–H and O–H groups in total. The SMILES string of the molecule is CC(C)c1c(-c2cc(OC(F)F)c3ncnn3c2)[nH]c2ccc(C3CCNCC3)cc12. The van der Waals surface area contributed by atoms with Crippen molar-refractivity contribution < 1.29 is 13.5 Å². The van der Waals surface area contributed by atoms with Gasteiger partial charge in [0.2, 0.25) is 0 Å². The van der Waals surface area contributed by atoms with Gasteiger partial charge in [0.05, 0.1) is 5.69 Å². The van der Waals surface area contributed by atoms with Crippen LogP contribution in [0, 0.1) is 0 Å². The topological polar surface area (TPSA) is 67.2 Å². The van der Waals surface area contributed by atoms with Gasteiger partial charge >= 0.3 is 6.61 Å². The van der Waals surface area contributed by atoms with E-state index in [2.05, 4.69) is 52.4 Å². The van der Waals surface area contributed by atoms with Crippen LogP contribution in [0.3, 0.4) is 0 Å². The summed E-state index contributed by atoms with van der Waals surface area (Å²) in [5.74, 6) is 0.799. The molecule has 5 rings (SSSR count). The normalized spacial score (nSPS) is 15.5. The Morgan fingerprint density at radius 3 is 2.71 bits per heavy atom. The molecular formula is C23H25F2N5O. The predicted molar refractivity (Wildman–Crippen MR) is 116 cm³/mol. The molecule has 0 amide bonds. The second-order valence-corrected chi connectivity index (χ2v) is 8.40. The number of ether oxygens (including phenoxy) is 1. The molecule has 0 radical (unpaired) electrons. The Balaban J connectivity index is 1.66. The van der Waals surface area contributed by atoms with Gasteiger partial charge < -0.3 is 15.0 Å². The Morgan fingerprint density at radius 1 is 1.16 bits per heavy atom. The third kappa shape index (κ3) is 3.65. The first kappa shape index (κ1) is 19.9. The maximum atomic E-state index is 13.0. The summed E-state index contributed by atoms with van der Waals surface area (Å²) >= 11 is 0. The highest BCUT2D eigenvalue weighted by Gasteiger charge is 2.22. The van der Waals surface area contributed by atoms with Gasteiger partial charge in [-0.2, -0.15) is 13.9 Å². The highest BCUT2D eigenvalue weighted by atomic mass is 19.3. The molecule has 1 saturated heterocycles. The number of fused-ring (bicyclic) bond motifs is 2. The number of pyridine rings is 1. The van der Waals surface area contributed by atoms with E-state index in [-0.39, 0.29) is 17.3 Å². The second-order valence-electron chi connectivity index (χ2n) is 8.40. The van der Waals surface area contributed by atoms with Crippen LogP contribution in [0.5, 0.6) is 5.75 Å². The lowest BCUT2D eigenvalue weighted by Gasteiger charge is -2.23. The lowest BCUT2D eigenvalue weighted by molar-refractivity contribution is -0.0491. The summed E-state index contributed by atoms with van der Waals surface area (Å²) in [5.41, 5.74) is 5.44. The number of nitrogens with zero attached hydrogens (tertiary/aromatic N) is 3. The summed E-state index contributed by atoms with van der Waals surface area (Å²) in [4.78, 5) is 7.56. The molecule has 0 atom stereocenters. The Bertz CT molecular complexity index is 1220. The summed E-state index contributed by atoms with van der Waals surface area (Å²) < 4.78 is 32.2. The Hall–Kier alpha value is -3.00. The van der Waals surface area contributed by atoms with Crippen LogP contribution in [-0.2, 0) is 0 Å². The van der Waals surface area contributed by atoms with Crippen molar-refractivity contribution in [1.82, 2.24) is 24.9 Å². The molecule has 8 heteroatoms. The summed E-state index contributed by atoms with van der Waals surface area (Å²) in [7, 11) is 0. The van der Waals surface area contributed by atoms with Gasteiger partial charge in [0.15, 0.2) is 11.4 Å². The molecular weight excluding hydrogens is 400 g/mol. The third-order valence-electron chi connectivity index (χ3n) is 6.10. The van der Waals surface area contributed by atoms with Crippen LogP contribution < -0.4 is 10.1 Å². The molecule has 6 nitrogen and oxygen atoms in total. The highest BCUT2D eigenvalue weighted by molar-refractivity contribution is 5.92. The van der Waals surface area contributed by atoms with Crippen molar-refractivity contribution in [3.63, 3.8) is 0 Å². The van der Waals surface area contributed by atoms with Gasteiger partial charge in [0.1, 0.15) is 6.33 Å². The highest BCUT2D eigenvalue weighted by Crippen LogP contribution is 2.39. The van der Waals surface area contributed by atoms with Gasteiger partial charge in [0, 0.05) is 22.7 Å². The molecule has 1 aliphatic heterocycles. The fraction of sp³-hybridized carbons (Fsp3) is 0.391. The lowest BCUT2D eigenvalue weighted by Crippen LogP contribution is -2.26. The number of benzene rings is 1. The van der Waals surface area contributed by atoms with Crippen molar-refractivity contribution in [2.24, 2.45) is 0 Å². The van der Waals surface area contributed by atoms with Crippen LogP contribution in [0.2, 0.25) is 0 Å². The minimum atomic E-state index is -2.93. The van der Waals surface area contributed by atoms with Gasteiger partial charge in [-0.05, 0) is 67.1 Å². The first-order valence-corrected chi connectivity index (χ1v) is 10.7. The molecule has 0 aliphatic carbocycles. The molecule has 0 bridgehead atoms. The standard InChI is InChI=1S/C23H25F2N5O/c1-13(2)20-17-9-15(14-5-7-26-8-6-14)3-4-18(17)29-21(20)16-10-19(31-23(24)25)22-27-12-28-30(22)11-16/h3-4,9-14,23,26,29H,5-8H2,1-2H3. The largest absolute Gasteiger partial charge is 0.431 e. The minimum Gasteiger partial charge on any atom is -0.431 e. The van der Waals surface area contributed by atoms with E-state index in [1.807, 2.05) is 0 Å². The minimum absolute atomic E-state index is 0.00811. The summed E-state index contributed by atoms with van der Waals surface area (Å²) in [5, 5.41) is 8.74. The number of halogens is 2. The predicted octanol–water partition coefficient (Wildman–Crippen LogP) is 5.07. The van der Waals surface area contributed by atoms with E-state index >= 15 is 0 Å². The number of rotatable bonds is 5. The average molecular weight is 425 g/mol. The number of aromatic nitrogens is 4. The molecule has 31 heavy (non-hydrogen) atoms. The molecule has 4 aromatic rings. The number of nitrogens with one attached hydrogen (secondary N) is 2. The molecule has 0 unspecified atom stereocenters. The summed E-state index contributed by atoms with van der Waals surface area (Å²) in [6.07, 6.45) is 5.40. The first-order valence-electron chi connectivity index (χ1n) is 10.7. The van der Waals surface area contributed by atoms with Crippen LogP contribution in [0.15, 0.2) is 36.8 Å². The zero-order valence-corrected chi connectivity index (χ0v) is 17.5. The van der Waals surface area contributed by atoms with E-state index in [0.717, 1.165) is 48.3 Å². The molecule has 0 saturated carbocycles. The maximum Gasteiger partial charge on any atom is 0.387 e. The van der Waals surface area contributed by atoms with Crippen molar-refractivity contribution >= 4 is 16.6 Å². The first-order chi connectivity index (χ1) is 15.0. The van der Waals surface area contributed by atoms with Crippen molar-refractivity contribution in [3.8, 4) is 17.0 Å². The maximum absolute atomic E-state index is 13.0. The molecule has 0 spiro atoms. The molecule has 162 valence electrons. The summed E-state index contributed by atoms with van der Waals surface area (Å²) in [6, 6.07) is 8.24. The van der Waals surface area contributed by atoms with Crippen LogP contribution in [0.25, 0.3) is 27.8 Å². The van der Waals surface area contributed by atoms with E-state index in [1.54, 1.807) is 12.3 Å². The van der Waals surface area contributed by atoms with Crippen LogP contribution >= 0.6 is 0 Å². The Labute approximate surface area is 178 Å². The fourth-order valence-electron chi connectivity index (χ4n) is 4.68. The fourth-order valence-corrected chi connectivity index (χ4v) is 4.68. The van der Waals surface area contributed by atoms with E-state index in [1.165, 1.54) is 21.8 Å². The number of H-pyrrole nitrogens is 1.